The summed E-state index contributed by atoms with van der Waals surface area (Å²) < 4.78 is 13.9. The van der Waals surface area contributed by atoms with Crippen LogP contribution < -0.4 is 5.32 Å². The van der Waals surface area contributed by atoms with Crippen molar-refractivity contribution in [1.82, 2.24) is 9.97 Å². The number of rotatable bonds is 5. The molecule has 3 nitrogen and oxygen atoms in total. The molecular formula is C15H17ClFN3. The quantitative estimate of drug-likeness (QED) is 0.906. The average Bonchev–Trinajstić information content (AvgIpc) is 2.41. The van der Waals surface area contributed by atoms with Gasteiger partial charge in [-0.3, -0.25) is 0 Å². The average molecular weight is 294 g/mol. The van der Waals surface area contributed by atoms with Gasteiger partial charge in [0, 0.05) is 18.0 Å². The molecule has 1 heterocycles. The summed E-state index contributed by atoms with van der Waals surface area (Å²) in [7, 11) is 0. The standard InChI is InChI=1S/C15H17ClFN3/c1-3-7-18-15-14(17)10(2)19-13(20-15)9-11-5-4-6-12(16)8-11/h4-6,8H,3,7,9H2,1-2H3,(H,18,19,20). The number of halogens is 2. The number of aryl methyl sites for hydroxylation is 1. The van der Waals surface area contributed by atoms with Crippen molar-refractivity contribution in [2.24, 2.45) is 0 Å². The van der Waals surface area contributed by atoms with Crippen LogP contribution in [-0.4, -0.2) is 16.5 Å². The first kappa shape index (κ1) is 14.7. The first-order valence-electron chi connectivity index (χ1n) is 6.61. The lowest BCUT2D eigenvalue weighted by Gasteiger charge is -2.09. The van der Waals surface area contributed by atoms with Gasteiger partial charge in [-0.1, -0.05) is 30.7 Å². The molecule has 0 unspecified atom stereocenters. The molecule has 5 heteroatoms. The monoisotopic (exact) mass is 293 g/mol. The van der Waals surface area contributed by atoms with Crippen LogP contribution in [-0.2, 0) is 6.42 Å². The summed E-state index contributed by atoms with van der Waals surface area (Å²) in [6.45, 7) is 4.35. The zero-order valence-corrected chi connectivity index (χ0v) is 12.3. The minimum atomic E-state index is -0.381. The summed E-state index contributed by atoms with van der Waals surface area (Å²) in [4.78, 5) is 8.45. The van der Waals surface area contributed by atoms with Gasteiger partial charge in [-0.25, -0.2) is 14.4 Å². The van der Waals surface area contributed by atoms with Crippen LogP contribution in [0.15, 0.2) is 24.3 Å². The van der Waals surface area contributed by atoms with Crippen LogP contribution in [0.3, 0.4) is 0 Å². The molecule has 0 radical (unpaired) electrons. The van der Waals surface area contributed by atoms with Gasteiger partial charge in [0.1, 0.15) is 5.82 Å². The Morgan fingerprint density at radius 1 is 1.30 bits per heavy atom. The fraction of sp³-hybridized carbons (Fsp3) is 0.333. The van der Waals surface area contributed by atoms with Crippen LogP contribution >= 0.6 is 11.6 Å². The molecule has 106 valence electrons. The first-order valence-corrected chi connectivity index (χ1v) is 6.99. The van der Waals surface area contributed by atoms with E-state index >= 15 is 0 Å². The van der Waals surface area contributed by atoms with Crippen molar-refractivity contribution < 1.29 is 4.39 Å². The SMILES string of the molecule is CCCNc1nc(Cc2cccc(Cl)c2)nc(C)c1F. The highest BCUT2D eigenvalue weighted by atomic mass is 35.5. The van der Waals surface area contributed by atoms with E-state index in [1.807, 2.05) is 31.2 Å². The molecule has 0 aliphatic carbocycles. The summed E-state index contributed by atoms with van der Waals surface area (Å²) in [5.74, 6) is 0.481. The molecule has 0 aliphatic heterocycles. The Balaban J connectivity index is 2.25. The highest BCUT2D eigenvalue weighted by molar-refractivity contribution is 6.30. The highest BCUT2D eigenvalue weighted by Gasteiger charge is 2.11. The Morgan fingerprint density at radius 3 is 2.80 bits per heavy atom. The predicted octanol–water partition coefficient (Wildman–Crippen LogP) is 3.99. The molecule has 0 saturated carbocycles. The number of aromatic nitrogens is 2. The van der Waals surface area contributed by atoms with Crippen LogP contribution in [0.2, 0.25) is 5.02 Å². The van der Waals surface area contributed by atoms with Crippen LogP contribution in [0.5, 0.6) is 0 Å². The van der Waals surface area contributed by atoms with Crippen molar-refractivity contribution in [2.45, 2.75) is 26.7 Å². The van der Waals surface area contributed by atoms with Crippen LogP contribution in [0.1, 0.15) is 30.4 Å². The van der Waals surface area contributed by atoms with E-state index in [-0.39, 0.29) is 11.6 Å². The van der Waals surface area contributed by atoms with Crippen molar-refractivity contribution >= 4 is 17.4 Å². The Bertz CT molecular complexity index is 602. The molecule has 0 spiro atoms. The van der Waals surface area contributed by atoms with Crippen molar-refractivity contribution in [2.75, 3.05) is 11.9 Å². The maximum absolute atomic E-state index is 13.9. The largest absolute Gasteiger partial charge is 0.368 e. The smallest absolute Gasteiger partial charge is 0.186 e. The Morgan fingerprint density at radius 2 is 2.10 bits per heavy atom. The zero-order chi connectivity index (χ0) is 14.5. The number of hydrogen-bond donors (Lipinski definition) is 1. The number of benzene rings is 1. The van der Waals surface area contributed by atoms with Gasteiger partial charge in [0.2, 0.25) is 0 Å². The Hall–Kier alpha value is -1.68. The van der Waals surface area contributed by atoms with E-state index in [4.69, 9.17) is 11.6 Å². The van der Waals surface area contributed by atoms with Crippen LogP contribution in [0.4, 0.5) is 10.2 Å². The lowest BCUT2D eigenvalue weighted by atomic mass is 10.1. The van der Waals surface area contributed by atoms with Gasteiger partial charge >= 0.3 is 0 Å². The molecule has 0 fully saturated rings. The predicted molar refractivity (Wildman–Crippen MR) is 79.8 cm³/mol. The second kappa shape index (κ2) is 6.66. The van der Waals surface area contributed by atoms with Gasteiger partial charge in [-0.15, -0.1) is 0 Å². The third kappa shape index (κ3) is 3.67. The summed E-state index contributed by atoms with van der Waals surface area (Å²) >= 11 is 5.95. The van der Waals surface area contributed by atoms with E-state index in [2.05, 4.69) is 15.3 Å². The van der Waals surface area contributed by atoms with Gasteiger partial charge in [-0.2, -0.15) is 0 Å². The Kier molecular flexibility index (Phi) is 4.90. The van der Waals surface area contributed by atoms with Gasteiger partial charge in [-0.05, 0) is 31.0 Å². The minimum absolute atomic E-state index is 0.274. The van der Waals surface area contributed by atoms with E-state index in [9.17, 15) is 4.39 Å². The molecule has 1 aromatic heterocycles. The second-order valence-corrected chi connectivity index (χ2v) is 5.06. The fourth-order valence-corrected chi connectivity index (χ4v) is 2.10. The van der Waals surface area contributed by atoms with Crippen molar-refractivity contribution in [1.29, 1.82) is 0 Å². The molecule has 0 amide bonds. The van der Waals surface area contributed by atoms with Crippen LogP contribution in [0, 0.1) is 12.7 Å². The van der Waals surface area contributed by atoms with E-state index in [1.54, 1.807) is 6.92 Å². The molecule has 0 bridgehead atoms. The number of nitrogens with zero attached hydrogens (tertiary/aromatic N) is 2. The molecule has 0 saturated heterocycles. The zero-order valence-electron chi connectivity index (χ0n) is 11.6. The number of nitrogens with one attached hydrogen (secondary N) is 1. The van der Waals surface area contributed by atoms with E-state index in [0.29, 0.717) is 29.5 Å². The number of hydrogen-bond acceptors (Lipinski definition) is 3. The highest BCUT2D eigenvalue weighted by Crippen LogP contribution is 2.17. The first-order chi connectivity index (χ1) is 9.60. The van der Waals surface area contributed by atoms with Crippen molar-refractivity contribution in [3.8, 4) is 0 Å². The third-order valence-electron chi connectivity index (χ3n) is 2.86. The van der Waals surface area contributed by atoms with Crippen molar-refractivity contribution in [3.05, 3.63) is 52.2 Å². The van der Waals surface area contributed by atoms with Crippen molar-refractivity contribution in [3.63, 3.8) is 0 Å². The fourth-order valence-electron chi connectivity index (χ4n) is 1.89. The molecule has 20 heavy (non-hydrogen) atoms. The number of anilines is 1. The molecular weight excluding hydrogens is 277 g/mol. The maximum atomic E-state index is 13.9. The molecule has 0 atom stereocenters. The second-order valence-electron chi connectivity index (χ2n) is 4.62. The van der Waals surface area contributed by atoms with E-state index in [1.165, 1.54) is 0 Å². The van der Waals surface area contributed by atoms with E-state index < -0.39 is 0 Å². The molecule has 2 rings (SSSR count). The third-order valence-corrected chi connectivity index (χ3v) is 3.09. The molecule has 2 aromatic rings. The van der Waals surface area contributed by atoms with Gasteiger partial charge < -0.3 is 5.32 Å². The summed E-state index contributed by atoms with van der Waals surface area (Å²) in [5, 5.41) is 3.66. The minimum Gasteiger partial charge on any atom is -0.368 e. The summed E-state index contributed by atoms with van der Waals surface area (Å²) in [6, 6.07) is 7.51. The lowest BCUT2D eigenvalue weighted by Crippen LogP contribution is -2.10. The van der Waals surface area contributed by atoms with Crippen LogP contribution in [0.25, 0.3) is 0 Å². The van der Waals surface area contributed by atoms with E-state index in [0.717, 1.165) is 12.0 Å². The molecule has 0 aliphatic rings. The topological polar surface area (TPSA) is 37.8 Å². The van der Waals surface area contributed by atoms with Gasteiger partial charge in [0.05, 0.1) is 5.69 Å². The normalized spacial score (nSPS) is 10.6. The Labute approximate surface area is 123 Å². The molecule has 1 aromatic carbocycles. The maximum Gasteiger partial charge on any atom is 0.186 e. The van der Waals surface area contributed by atoms with Gasteiger partial charge in [0.25, 0.3) is 0 Å². The van der Waals surface area contributed by atoms with Gasteiger partial charge in [0.15, 0.2) is 11.6 Å². The molecule has 1 N–H and O–H groups in total. The lowest BCUT2D eigenvalue weighted by molar-refractivity contribution is 0.600. The summed E-state index contributed by atoms with van der Waals surface area (Å²) in [6.07, 6.45) is 1.44. The summed E-state index contributed by atoms with van der Waals surface area (Å²) in [5.41, 5.74) is 1.36.